The van der Waals surface area contributed by atoms with E-state index >= 15 is 0 Å². The zero-order valence-corrected chi connectivity index (χ0v) is 18.8. The topological polar surface area (TPSA) is 65.9 Å². The number of carbonyl (C=O) groups is 1. The van der Waals surface area contributed by atoms with Gasteiger partial charge < -0.3 is 9.47 Å². The molecular formula is C23H32N4O3S. The summed E-state index contributed by atoms with van der Waals surface area (Å²) in [6.07, 6.45) is 8.07. The van der Waals surface area contributed by atoms with Gasteiger partial charge in [0.1, 0.15) is 6.04 Å². The lowest BCUT2D eigenvalue weighted by atomic mass is 10.0. The van der Waals surface area contributed by atoms with E-state index in [2.05, 4.69) is 0 Å². The third kappa shape index (κ3) is 5.19. The van der Waals surface area contributed by atoms with E-state index in [0.29, 0.717) is 52.1 Å². The van der Waals surface area contributed by atoms with E-state index in [0.717, 1.165) is 24.8 Å². The Morgan fingerprint density at radius 1 is 0.774 bits per heavy atom. The molecule has 1 aromatic carbocycles. The normalized spacial score (nSPS) is 20.3. The minimum Gasteiger partial charge on any atom is -0.342 e. The summed E-state index contributed by atoms with van der Waals surface area (Å²) in [5.74, 6) is 0.0530. The van der Waals surface area contributed by atoms with E-state index in [1.54, 1.807) is 8.61 Å². The number of nitrogens with zero attached hydrogens (tertiary/aromatic N) is 4. The predicted octanol–water partition coefficient (Wildman–Crippen LogP) is 2.54. The highest BCUT2D eigenvalue weighted by molar-refractivity contribution is 7.86. The molecule has 0 N–H and O–H groups in total. The standard InChI is InChI=1S/C23H32N4O3S/c28-23(22(24-12-7-8-13-24)20-21-10-3-1-4-11-21)25-14-9-17-27(19-18-25)31(29,30)26-15-5-2-6-16-26/h1,3-4,7-8,10-13,22H,2,5-6,9,14-20H2. The Labute approximate surface area is 185 Å². The lowest BCUT2D eigenvalue weighted by Crippen LogP contribution is -2.47. The Morgan fingerprint density at radius 2 is 1.42 bits per heavy atom. The molecule has 2 saturated heterocycles. The lowest BCUT2D eigenvalue weighted by molar-refractivity contribution is -0.134. The van der Waals surface area contributed by atoms with Crippen molar-refractivity contribution >= 4 is 16.1 Å². The van der Waals surface area contributed by atoms with Crippen LogP contribution in [0, 0.1) is 0 Å². The smallest absolute Gasteiger partial charge is 0.282 e. The highest BCUT2D eigenvalue weighted by atomic mass is 32.2. The van der Waals surface area contributed by atoms with Gasteiger partial charge in [-0.3, -0.25) is 4.79 Å². The largest absolute Gasteiger partial charge is 0.342 e. The van der Waals surface area contributed by atoms with Crippen LogP contribution in [0.3, 0.4) is 0 Å². The highest BCUT2D eigenvalue weighted by Crippen LogP contribution is 2.21. The summed E-state index contributed by atoms with van der Waals surface area (Å²) in [6.45, 7) is 3.04. The van der Waals surface area contributed by atoms with E-state index in [4.69, 9.17) is 0 Å². The summed E-state index contributed by atoms with van der Waals surface area (Å²) in [5, 5.41) is 0. The Bertz CT molecular complexity index is 940. The van der Waals surface area contributed by atoms with Crippen LogP contribution in [0.4, 0.5) is 0 Å². The number of carbonyl (C=O) groups excluding carboxylic acids is 1. The van der Waals surface area contributed by atoms with E-state index in [1.807, 2.05) is 64.3 Å². The van der Waals surface area contributed by atoms with E-state index < -0.39 is 10.2 Å². The van der Waals surface area contributed by atoms with Gasteiger partial charge in [0.2, 0.25) is 5.91 Å². The molecule has 0 saturated carbocycles. The molecule has 2 fully saturated rings. The van der Waals surface area contributed by atoms with Gasteiger partial charge in [-0.2, -0.15) is 17.0 Å². The van der Waals surface area contributed by atoms with Crippen LogP contribution in [0.5, 0.6) is 0 Å². The zero-order valence-electron chi connectivity index (χ0n) is 18.0. The maximum Gasteiger partial charge on any atom is 0.282 e. The van der Waals surface area contributed by atoms with Gasteiger partial charge in [-0.25, -0.2) is 0 Å². The minimum absolute atomic E-state index is 0.0530. The molecule has 1 aromatic heterocycles. The average Bonchev–Trinajstić information content (AvgIpc) is 3.21. The third-order valence-electron chi connectivity index (χ3n) is 6.28. The summed E-state index contributed by atoms with van der Waals surface area (Å²) in [4.78, 5) is 15.4. The fourth-order valence-corrected chi connectivity index (χ4v) is 6.25. The van der Waals surface area contributed by atoms with Crippen LogP contribution in [0.2, 0.25) is 0 Å². The maximum atomic E-state index is 13.5. The van der Waals surface area contributed by atoms with Crippen molar-refractivity contribution in [2.24, 2.45) is 0 Å². The molecule has 4 rings (SSSR count). The summed E-state index contributed by atoms with van der Waals surface area (Å²) in [5.41, 5.74) is 1.11. The van der Waals surface area contributed by atoms with Crippen LogP contribution >= 0.6 is 0 Å². The molecule has 8 heteroatoms. The summed E-state index contributed by atoms with van der Waals surface area (Å²) in [7, 11) is -3.45. The molecule has 31 heavy (non-hydrogen) atoms. The van der Waals surface area contributed by atoms with Crippen molar-refractivity contribution < 1.29 is 13.2 Å². The van der Waals surface area contributed by atoms with Crippen molar-refractivity contribution in [1.82, 2.24) is 18.1 Å². The first-order valence-corrected chi connectivity index (χ1v) is 12.7. The molecule has 1 amide bonds. The predicted molar refractivity (Wildman–Crippen MR) is 121 cm³/mol. The lowest BCUT2D eigenvalue weighted by Gasteiger charge is -2.31. The fraction of sp³-hybridized carbons (Fsp3) is 0.522. The number of piperidine rings is 1. The number of aromatic nitrogens is 1. The molecule has 168 valence electrons. The van der Waals surface area contributed by atoms with Crippen LogP contribution < -0.4 is 0 Å². The van der Waals surface area contributed by atoms with Crippen LogP contribution in [0.1, 0.15) is 37.3 Å². The molecule has 2 aliphatic rings. The van der Waals surface area contributed by atoms with Gasteiger partial charge in [0, 0.05) is 58.1 Å². The molecule has 0 aliphatic carbocycles. The maximum absolute atomic E-state index is 13.5. The molecule has 2 aromatic rings. The monoisotopic (exact) mass is 444 g/mol. The number of amides is 1. The van der Waals surface area contributed by atoms with Gasteiger partial charge >= 0.3 is 0 Å². The Hall–Kier alpha value is -2.16. The SMILES string of the molecule is O=C(C(Cc1ccccc1)n1cccc1)N1CCCN(S(=O)(=O)N2CCCCC2)CC1. The first-order valence-electron chi connectivity index (χ1n) is 11.3. The Kier molecular flexibility index (Phi) is 7.09. The quantitative estimate of drug-likeness (QED) is 0.688. The molecule has 1 atom stereocenters. The zero-order chi connectivity index (χ0) is 21.7. The number of rotatable bonds is 6. The third-order valence-corrected chi connectivity index (χ3v) is 8.31. The number of hydrogen-bond donors (Lipinski definition) is 0. The summed E-state index contributed by atoms with van der Waals surface area (Å²) >= 11 is 0. The van der Waals surface area contributed by atoms with Gasteiger partial charge in [-0.15, -0.1) is 0 Å². The van der Waals surface area contributed by atoms with Crippen LogP contribution in [0.15, 0.2) is 54.9 Å². The second-order valence-corrected chi connectivity index (χ2v) is 10.3. The Balaban J connectivity index is 1.46. The molecular weight excluding hydrogens is 412 g/mol. The van der Waals surface area contributed by atoms with Crippen molar-refractivity contribution in [3.05, 3.63) is 60.4 Å². The number of benzene rings is 1. The van der Waals surface area contributed by atoms with E-state index in [1.165, 1.54) is 0 Å². The second kappa shape index (κ2) is 9.97. The molecule has 2 aliphatic heterocycles. The molecule has 3 heterocycles. The van der Waals surface area contributed by atoms with Crippen LogP contribution in [-0.2, 0) is 21.4 Å². The molecule has 0 spiro atoms. The van der Waals surface area contributed by atoms with E-state index in [9.17, 15) is 13.2 Å². The van der Waals surface area contributed by atoms with Gasteiger partial charge in [-0.1, -0.05) is 36.8 Å². The minimum atomic E-state index is -3.45. The highest BCUT2D eigenvalue weighted by Gasteiger charge is 2.34. The van der Waals surface area contributed by atoms with E-state index in [-0.39, 0.29) is 11.9 Å². The van der Waals surface area contributed by atoms with Crippen molar-refractivity contribution in [3.63, 3.8) is 0 Å². The van der Waals surface area contributed by atoms with Crippen molar-refractivity contribution in [1.29, 1.82) is 0 Å². The number of hydrogen-bond acceptors (Lipinski definition) is 3. The van der Waals surface area contributed by atoms with Gasteiger partial charge in [0.25, 0.3) is 10.2 Å². The Morgan fingerprint density at radius 3 is 2.13 bits per heavy atom. The fourth-order valence-electron chi connectivity index (χ4n) is 4.53. The summed E-state index contributed by atoms with van der Waals surface area (Å²) in [6, 6.07) is 13.6. The van der Waals surface area contributed by atoms with Crippen molar-refractivity contribution in [2.45, 2.75) is 38.1 Å². The molecule has 0 bridgehead atoms. The first kappa shape index (κ1) is 22.0. The van der Waals surface area contributed by atoms with Crippen LogP contribution in [0.25, 0.3) is 0 Å². The molecule has 1 unspecified atom stereocenters. The molecule has 7 nitrogen and oxygen atoms in total. The van der Waals surface area contributed by atoms with Gasteiger partial charge in [0.15, 0.2) is 0 Å². The van der Waals surface area contributed by atoms with Crippen molar-refractivity contribution in [3.8, 4) is 0 Å². The second-order valence-electron chi connectivity index (χ2n) is 8.38. The molecule has 0 radical (unpaired) electrons. The van der Waals surface area contributed by atoms with Crippen LogP contribution in [-0.4, -0.2) is 71.7 Å². The van der Waals surface area contributed by atoms with Gasteiger partial charge in [0.05, 0.1) is 0 Å². The van der Waals surface area contributed by atoms with Crippen molar-refractivity contribution in [2.75, 3.05) is 39.3 Å². The van der Waals surface area contributed by atoms with Gasteiger partial charge in [-0.05, 0) is 37.0 Å². The summed E-state index contributed by atoms with van der Waals surface area (Å²) < 4.78 is 31.3. The first-order chi connectivity index (χ1) is 15.1. The average molecular weight is 445 g/mol.